The van der Waals surface area contributed by atoms with Gasteiger partial charge in [0.25, 0.3) is 0 Å². The van der Waals surface area contributed by atoms with E-state index in [-0.39, 0.29) is 12.7 Å². The first-order chi connectivity index (χ1) is 7.72. The third kappa shape index (κ3) is 5.10. The summed E-state index contributed by atoms with van der Waals surface area (Å²) in [5.41, 5.74) is 2.17. The Bertz CT molecular complexity index is 317. The predicted octanol–water partition coefficient (Wildman–Crippen LogP) is 2.31. The highest BCUT2D eigenvalue weighted by molar-refractivity contribution is 5.14. The Hall–Kier alpha value is -1.12. The number of benzene rings is 1. The first-order valence-corrected chi connectivity index (χ1v) is 5.71. The molecule has 0 aliphatic heterocycles. The number of hydrogen-bond acceptors (Lipinski definition) is 2. The molecule has 0 bridgehead atoms. The zero-order chi connectivity index (χ0) is 11.8. The minimum absolute atomic E-state index is 0.0748. The van der Waals surface area contributed by atoms with Crippen LogP contribution < -0.4 is 0 Å². The summed E-state index contributed by atoms with van der Waals surface area (Å²) in [5, 5.41) is 18.5. The van der Waals surface area contributed by atoms with Crippen molar-refractivity contribution < 1.29 is 10.2 Å². The summed E-state index contributed by atoms with van der Waals surface area (Å²) in [6, 6.07) is 10.2. The highest BCUT2D eigenvalue weighted by Crippen LogP contribution is 2.08. The van der Waals surface area contributed by atoms with Crippen LogP contribution in [0.25, 0.3) is 0 Å². The molecule has 0 heterocycles. The zero-order valence-electron chi connectivity index (χ0n) is 9.76. The van der Waals surface area contributed by atoms with Crippen LogP contribution in [0, 0.1) is 0 Å². The lowest BCUT2D eigenvalue weighted by atomic mass is 10.0. The molecule has 2 heteroatoms. The summed E-state index contributed by atoms with van der Waals surface area (Å²) in [4.78, 5) is 0. The van der Waals surface area contributed by atoms with Crippen LogP contribution in [0.3, 0.4) is 0 Å². The van der Waals surface area contributed by atoms with Crippen molar-refractivity contribution in [3.8, 4) is 0 Å². The quantitative estimate of drug-likeness (QED) is 0.722. The van der Waals surface area contributed by atoms with Crippen molar-refractivity contribution >= 4 is 0 Å². The van der Waals surface area contributed by atoms with E-state index in [0.29, 0.717) is 6.42 Å². The van der Waals surface area contributed by atoms with Crippen molar-refractivity contribution in [1.29, 1.82) is 0 Å². The maximum atomic E-state index is 9.73. The second-order valence-electron chi connectivity index (χ2n) is 4.12. The normalized spacial score (nSPS) is 13.8. The van der Waals surface area contributed by atoms with E-state index in [2.05, 4.69) is 12.1 Å². The van der Waals surface area contributed by atoms with Crippen molar-refractivity contribution in [1.82, 2.24) is 0 Å². The molecular weight excluding hydrogens is 200 g/mol. The third-order valence-corrected chi connectivity index (χ3v) is 2.60. The van der Waals surface area contributed by atoms with Gasteiger partial charge in [0.15, 0.2) is 0 Å². The van der Waals surface area contributed by atoms with Crippen molar-refractivity contribution in [3.63, 3.8) is 0 Å². The molecule has 1 aromatic rings. The summed E-state index contributed by atoms with van der Waals surface area (Å²) in [6.07, 6.45) is 3.86. The van der Waals surface area contributed by atoms with Gasteiger partial charge in [0.05, 0.1) is 12.7 Å². The molecule has 1 unspecified atom stereocenters. The van der Waals surface area contributed by atoms with Crippen LogP contribution in [0.15, 0.2) is 42.0 Å². The van der Waals surface area contributed by atoms with Crippen LogP contribution in [-0.2, 0) is 6.42 Å². The Morgan fingerprint density at radius 3 is 2.62 bits per heavy atom. The molecule has 0 radical (unpaired) electrons. The predicted molar refractivity (Wildman–Crippen MR) is 66.2 cm³/mol. The summed E-state index contributed by atoms with van der Waals surface area (Å²) < 4.78 is 0. The minimum atomic E-state index is -0.318. The fourth-order valence-corrected chi connectivity index (χ4v) is 1.50. The summed E-state index contributed by atoms with van der Waals surface area (Å²) in [6.45, 7) is 1.94. The van der Waals surface area contributed by atoms with Gasteiger partial charge in [-0.3, -0.25) is 0 Å². The zero-order valence-corrected chi connectivity index (χ0v) is 9.76. The lowest BCUT2D eigenvalue weighted by Gasteiger charge is -2.08. The molecule has 0 aliphatic rings. The standard InChI is InChI=1S/C14H20O2/c1-12(11-15)7-9-14(16)10-8-13-5-3-2-4-6-13/h2-7,14-16H,8-11H2,1H3/b12-7-. The number of aliphatic hydroxyl groups excluding tert-OH is 2. The SMILES string of the molecule is C/C(=C/CC(O)CCc1ccccc1)CO. The van der Waals surface area contributed by atoms with Crippen LogP contribution >= 0.6 is 0 Å². The van der Waals surface area contributed by atoms with E-state index in [4.69, 9.17) is 5.11 Å². The Kier molecular flexibility index (Phi) is 5.83. The van der Waals surface area contributed by atoms with Gasteiger partial charge in [-0.1, -0.05) is 42.0 Å². The second kappa shape index (κ2) is 7.20. The molecule has 0 spiro atoms. The average Bonchev–Trinajstić information content (AvgIpc) is 2.34. The average molecular weight is 220 g/mol. The Morgan fingerprint density at radius 2 is 2.00 bits per heavy atom. The molecular formula is C14H20O2. The van der Waals surface area contributed by atoms with Gasteiger partial charge in [-0.2, -0.15) is 0 Å². The van der Waals surface area contributed by atoms with Gasteiger partial charge in [-0.05, 0) is 31.7 Å². The first-order valence-electron chi connectivity index (χ1n) is 5.71. The molecule has 1 rings (SSSR count). The molecule has 16 heavy (non-hydrogen) atoms. The highest BCUT2D eigenvalue weighted by Gasteiger charge is 2.02. The van der Waals surface area contributed by atoms with E-state index in [1.54, 1.807) is 0 Å². The monoisotopic (exact) mass is 220 g/mol. The third-order valence-electron chi connectivity index (χ3n) is 2.60. The van der Waals surface area contributed by atoms with Gasteiger partial charge >= 0.3 is 0 Å². The molecule has 88 valence electrons. The summed E-state index contributed by atoms with van der Waals surface area (Å²) in [5.74, 6) is 0. The van der Waals surface area contributed by atoms with Crippen molar-refractivity contribution in [2.75, 3.05) is 6.61 Å². The molecule has 0 aromatic heterocycles. The number of aliphatic hydroxyl groups is 2. The topological polar surface area (TPSA) is 40.5 Å². The molecule has 0 saturated carbocycles. The van der Waals surface area contributed by atoms with Gasteiger partial charge in [0, 0.05) is 0 Å². The molecule has 1 aromatic carbocycles. The highest BCUT2D eigenvalue weighted by atomic mass is 16.3. The Labute approximate surface area is 97.2 Å². The van der Waals surface area contributed by atoms with E-state index >= 15 is 0 Å². The molecule has 2 nitrogen and oxygen atoms in total. The number of aryl methyl sites for hydroxylation is 1. The lowest BCUT2D eigenvalue weighted by Crippen LogP contribution is -2.07. The fraction of sp³-hybridized carbons (Fsp3) is 0.429. The van der Waals surface area contributed by atoms with Gasteiger partial charge in [0.1, 0.15) is 0 Å². The van der Waals surface area contributed by atoms with Crippen LogP contribution in [-0.4, -0.2) is 22.9 Å². The Morgan fingerprint density at radius 1 is 1.31 bits per heavy atom. The number of rotatable bonds is 6. The van der Waals surface area contributed by atoms with E-state index in [0.717, 1.165) is 18.4 Å². The van der Waals surface area contributed by atoms with Gasteiger partial charge in [-0.15, -0.1) is 0 Å². The van der Waals surface area contributed by atoms with E-state index in [9.17, 15) is 5.11 Å². The maximum absolute atomic E-state index is 9.73. The molecule has 0 aliphatic carbocycles. The fourth-order valence-electron chi connectivity index (χ4n) is 1.50. The van der Waals surface area contributed by atoms with Crippen molar-refractivity contribution in [2.24, 2.45) is 0 Å². The lowest BCUT2D eigenvalue weighted by molar-refractivity contribution is 0.167. The van der Waals surface area contributed by atoms with Crippen LogP contribution in [0.2, 0.25) is 0 Å². The van der Waals surface area contributed by atoms with Crippen LogP contribution in [0.5, 0.6) is 0 Å². The largest absolute Gasteiger partial charge is 0.393 e. The first kappa shape index (κ1) is 12.9. The minimum Gasteiger partial charge on any atom is -0.393 e. The Balaban J connectivity index is 2.28. The second-order valence-corrected chi connectivity index (χ2v) is 4.12. The van der Waals surface area contributed by atoms with Crippen LogP contribution in [0.1, 0.15) is 25.3 Å². The maximum Gasteiger partial charge on any atom is 0.0639 e. The van der Waals surface area contributed by atoms with E-state index < -0.39 is 0 Å². The summed E-state index contributed by atoms with van der Waals surface area (Å²) >= 11 is 0. The van der Waals surface area contributed by atoms with Crippen molar-refractivity contribution in [3.05, 3.63) is 47.5 Å². The van der Waals surface area contributed by atoms with Gasteiger partial charge < -0.3 is 10.2 Å². The number of hydrogen-bond donors (Lipinski definition) is 2. The van der Waals surface area contributed by atoms with E-state index in [1.807, 2.05) is 31.2 Å². The molecule has 0 amide bonds. The van der Waals surface area contributed by atoms with E-state index in [1.165, 1.54) is 5.56 Å². The molecule has 2 N–H and O–H groups in total. The summed E-state index contributed by atoms with van der Waals surface area (Å²) in [7, 11) is 0. The molecule has 0 fully saturated rings. The van der Waals surface area contributed by atoms with Gasteiger partial charge in [-0.25, -0.2) is 0 Å². The molecule has 0 saturated heterocycles. The smallest absolute Gasteiger partial charge is 0.0639 e. The van der Waals surface area contributed by atoms with Gasteiger partial charge in [0.2, 0.25) is 0 Å². The van der Waals surface area contributed by atoms with Crippen molar-refractivity contribution in [2.45, 2.75) is 32.3 Å². The van der Waals surface area contributed by atoms with Crippen LogP contribution in [0.4, 0.5) is 0 Å². The molecule has 1 atom stereocenters.